The Morgan fingerprint density at radius 1 is 0.794 bits per heavy atom. The second-order valence-electron chi connectivity index (χ2n) is 7.33. The minimum atomic E-state index is -1.49. The molecule has 0 radical (unpaired) electrons. The maximum atomic E-state index is 12.5. The molecule has 1 aliphatic rings. The Balaban J connectivity index is 2.30. The molecule has 186 valence electrons. The second-order valence-corrected chi connectivity index (χ2v) is 7.33. The molecule has 1 heterocycles. The van der Waals surface area contributed by atoms with E-state index < -0.39 is 67.2 Å². The van der Waals surface area contributed by atoms with Crippen LogP contribution in [0, 0.1) is 0 Å². The third-order valence-electron chi connectivity index (χ3n) is 4.48. The van der Waals surface area contributed by atoms with Gasteiger partial charge in [0.15, 0.2) is 12.2 Å². The lowest BCUT2D eigenvalue weighted by Crippen LogP contribution is -2.67. The largest absolute Gasteiger partial charge is 0.463 e. The summed E-state index contributed by atoms with van der Waals surface area (Å²) in [7, 11) is 0. The molecule has 0 saturated carbocycles. The first kappa shape index (κ1) is 26.6. The van der Waals surface area contributed by atoms with Gasteiger partial charge < -0.3 is 33.7 Å². The fourth-order valence-electron chi connectivity index (χ4n) is 3.22. The maximum absolute atomic E-state index is 12.5. The fraction of sp³-hybridized carbons (Fsp3) is 0.500. The molecule has 1 aliphatic heterocycles. The van der Waals surface area contributed by atoms with Crippen molar-refractivity contribution < 1.29 is 52.4 Å². The summed E-state index contributed by atoms with van der Waals surface area (Å²) in [5.74, 6) is -2.95. The molecule has 3 unspecified atom stereocenters. The zero-order valence-electron chi connectivity index (χ0n) is 19.2. The molecule has 34 heavy (non-hydrogen) atoms. The third-order valence-corrected chi connectivity index (χ3v) is 4.48. The van der Waals surface area contributed by atoms with E-state index in [0.717, 1.165) is 27.7 Å². The van der Waals surface area contributed by atoms with Crippen LogP contribution in [0.3, 0.4) is 0 Å². The van der Waals surface area contributed by atoms with Crippen LogP contribution in [-0.4, -0.2) is 67.2 Å². The van der Waals surface area contributed by atoms with E-state index in [0.29, 0.717) is 5.56 Å². The maximum Gasteiger partial charge on any atom is 0.408 e. The van der Waals surface area contributed by atoms with E-state index in [1.165, 1.54) is 0 Å². The third kappa shape index (κ3) is 8.35. The Hall–Kier alpha value is -3.67. The van der Waals surface area contributed by atoms with Crippen LogP contribution in [0.5, 0.6) is 0 Å². The first-order valence-corrected chi connectivity index (χ1v) is 10.3. The number of esters is 4. The number of carbonyl (C=O) groups excluding carboxylic acids is 5. The van der Waals surface area contributed by atoms with Gasteiger partial charge >= 0.3 is 30.0 Å². The number of ether oxygens (including phenoxy) is 6. The van der Waals surface area contributed by atoms with Gasteiger partial charge in [0.05, 0.1) is 0 Å². The van der Waals surface area contributed by atoms with Gasteiger partial charge in [-0.3, -0.25) is 19.2 Å². The lowest BCUT2D eigenvalue weighted by molar-refractivity contribution is -0.270. The van der Waals surface area contributed by atoms with Crippen LogP contribution < -0.4 is 5.32 Å². The Morgan fingerprint density at radius 2 is 1.38 bits per heavy atom. The predicted octanol–water partition coefficient (Wildman–Crippen LogP) is 0.996. The lowest BCUT2D eigenvalue weighted by Gasteiger charge is -2.44. The zero-order chi connectivity index (χ0) is 25.3. The number of hydrogen-bond acceptors (Lipinski definition) is 11. The second kappa shape index (κ2) is 12.5. The van der Waals surface area contributed by atoms with Gasteiger partial charge in [0, 0.05) is 27.7 Å². The molecular weight excluding hydrogens is 454 g/mol. The number of rotatable bonds is 8. The van der Waals surface area contributed by atoms with Crippen LogP contribution in [0.15, 0.2) is 30.3 Å². The summed E-state index contributed by atoms with van der Waals surface area (Å²) in [6.07, 6.45) is -6.29. The van der Waals surface area contributed by atoms with Crippen LogP contribution in [0.1, 0.15) is 33.3 Å². The van der Waals surface area contributed by atoms with Gasteiger partial charge in [-0.05, 0) is 5.56 Å². The van der Waals surface area contributed by atoms with E-state index >= 15 is 0 Å². The lowest BCUT2D eigenvalue weighted by atomic mass is 9.96. The van der Waals surface area contributed by atoms with Crippen molar-refractivity contribution in [3.8, 4) is 0 Å². The van der Waals surface area contributed by atoms with Crippen LogP contribution in [0.25, 0.3) is 0 Å². The van der Waals surface area contributed by atoms with Crippen molar-refractivity contribution in [3.63, 3.8) is 0 Å². The molecular formula is C22H27NO11. The first-order chi connectivity index (χ1) is 16.1. The average molecular weight is 481 g/mol. The summed E-state index contributed by atoms with van der Waals surface area (Å²) >= 11 is 0. The van der Waals surface area contributed by atoms with Gasteiger partial charge in [-0.1, -0.05) is 30.3 Å². The van der Waals surface area contributed by atoms with E-state index in [4.69, 9.17) is 28.4 Å². The molecule has 0 aliphatic carbocycles. The van der Waals surface area contributed by atoms with Crippen molar-refractivity contribution in [2.45, 2.75) is 64.9 Å². The van der Waals surface area contributed by atoms with Crippen molar-refractivity contribution >= 4 is 30.0 Å². The molecule has 0 aromatic heterocycles. The average Bonchev–Trinajstić information content (AvgIpc) is 2.74. The number of amides is 1. The minimum Gasteiger partial charge on any atom is -0.463 e. The predicted molar refractivity (Wildman–Crippen MR) is 112 cm³/mol. The highest BCUT2D eigenvalue weighted by molar-refractivity contribution is 5.70. The van der Waals surface area contributed by atoms with Crippen LogP contribution in [0.2, 0.25) is 0 Å². The monoisotopic (exact) mass is 481 g/mol. The van der Waals surface area contributed by atoms with Gasteiger partial charge in [-0.15, -0.1) is 0 Å². The number of nitrogens with one attached hydrogen (secondary N) is 1. The van der Waals surface area contributed by atoms with E-state index in [1.54, 1.807) is 30.3 Å². The first-order valence-electron chi connectivity index (χ1n) is 10.3. The molecule has 1 fully saturated rings. The summed E-state index contributed by atoms with van der Waals surface area (Å²) in [5, 5.41) is 2.45. The van der Waals surface area contributed by atoms with Crippen molar-refractivity contribution in [2.24, 2.45) is 0 Å². The molecule has 2 rings (SSSR count). The number of alkyl carbamates (subject to hydrolysis) is 1. The Bertz CT molecular complexity index is 888. The van der Waals surface area contributed by atoms with Gasteiger partial charge in [-0.2, -0.15) is 0 Å². The van der Waals surface area contributed by atoms with Gasteiger partial charge in [0.1, 0.15) is 25.4 Å². The minimum absolute atomic E-state index is 0.0703. The Morgan fingerprint density at radius 3 is 1.94 bits per heavy atom. The van der Waals surface area contributed by atoms with E-state index in [9.17, 15) is 24.0 Å². The molecule has 1 amide bonds. The van der Waals surface area contributed by atoms with Crippen molar-refractivity contribution in [1.82, 2.24) is 5.32 Å². The van der Waals surface area contributed by atoms with E-state index in [1.807, 2.05) is 0 Å². The Labute approximate surface area is 195 Å². The number of hydrogen-bond donors (Lipinski definition) is 1. The standard InChI is InChI=1S/C22H27NO11/c1-12(24)29-11-17-19(31-13(2)25)20(32-14(3)26)18(21(34-17)33-15(4)27)23-22(28)30-10-16-8-6-5-7-9-16/h5-9,17-21H,10-11H2,1-4H3,(H,23,28)/t17?,18?,19?,20-,21-/m1/s1. The summed E-state index contributed by atoms with van der Waals surface area (Å²) in [5.41, 5.74) is 0.713. The molecule has 12 nitrogen and oxygen atoms in total. The van der Waals surface area contributed by atoms with Crippen LogP contribution in [-0.2, 0) is 54.2 Å². The molecule has 1 saturated heterocycles. The van der Waals surface area contributed by atoms with Crippen molar-refractivity contribution in [3.05, 3.63) is 35.9 Å². The number of carbonyl (C=O) groups is 5. The molecule has 0 spiro atoms. The van der Waals surface area contributed by atoms with Gasteiger partial charge in [-0.25, -0.2) is 4.79 Å². The van der Waals surface area contributed by atoms with Gasteiger partial charge in [0.25, 0.3) is 0 Å². The highest BCUT2D eigenvalue weighted by Crippen LogP contribution is 2.28. The molecule has 12 heteroatoms. The fourth-order valence-corrected chi connectivity index (χ4v) is 3.22. The Kier molecular flexibility index (Phi) is 9.80. The van der Waals surface area contributed by atoms with E-state index in [-0.39, 0.29) is 6.61 Å². The topological polar surface area (TPSA) is 153 Å². The highest BCUT2D eigenvalue weighted by atomic mass is 16.7. The normalized spacial score (nSPS) is 23.7. The summed E-state index contributed by atoms with van der Waals surface area (Å²) < 4.78 is 31.6. The molecule has 1 N–H and O–H groups in total. The van der Waals surface area contributed by atoms with E-state index in [2.05, 4.69) is 5.32 Å². The van der Waals surface area contributed by atoms with Crippen molar-refractivity contribution in [1.29, 1.82) is 0 Å². The van der Waals surface area contributed by atoms with Crippen LogP contribution >= 0.6 is 0 Å². The molecule has 1 aromatic rings. The van der Waals surface area contributed by atoms with Crippen LogP contribution in [0.4, 0.5) is 4.79 Å². The summed E-state index contributed by atoms with van der Waals surface area (Å²) in [6, 6.07) is 7.51. The highest BCUT2D eigenvalue weighted by Gasteiger charge is 2.52. The summed E-state index contributed by atoms with van der Waals surface area (Å²) in [4.78, 5) is 59.1. The van der Waals surface area contributed by atoms with Gasteiger partial charge in [0.2, 0.25) is 6.29 Å². The summed E-state index contributed by atoms with van der Waals surface area (Å²) in [6.45, 7) is 4.00. The molecule has 1 aromatic carbocycles. The molecule has 5 atom stereocenters. The zero-order valence-corrected chi connectivity index (χ0v) is 19.2. The molecule has 0 bridgehead atoms. The van der Waals surface area contributed by atoms with Crippen molar-refractivity contribution in [2.75, 3.05) is 6.61 Å². The number of benzene rings is 1. The smallest absolute Gasteiger partial charge is 0.408 e. The SMILES string of the molecule is CC(=O)OCC1O[C@@H](OC(C)=O)C(NC(=O)OCc2ccccc2)[C@@H](OC(C)=O)C1OC(C)=O. The quantitative estimate of drug-likeness (QED) is 0.418.